The van der Waals surface area contributed by atoms with Crippen molar-refractivity contribution < 1.29 is 9.59 Å². The molecular weight excluding hydrogens is 374 g/mol. The number of rotatable bonds is 8. The Hall–Kier alpha value is -2.14. The van der Waals surface area contributed by atoms with Gasteiger partial charge in [-0.05, 0) is 30.0 Å². The van der Waals surface area contributed by atoms with Crippen molar-refractivity contribution in [2.24, 2.45) is 22.6 Å². The fourth-order valence-electron chi connectivity index (χ4n) is 3.36. The lowest BCUT2D eigenvalue weighted by Crippen LogP contribution is -2.44. The molecule has 1 aliphatic heterocycles. The first-order valence-electron chi connectivity index (χ1n) is 9.92. The van der Waals surface area contributed by atoms with Gasteiger partial charge in [-0.1, -0.05) is 57.3 Å². The van der Waals surface area contributed by atoms with E-state index in [4.69, 9.17) is 17.3 Å². The van der Waals surface area contributed by atoms with Gasteiger partial charge in [0.05, 0.1) is 17.8 Å². The number of primary amides is 1. The number of amides is 2. The third kappa shape index (κ3) is 6.20. The molecule has 1 unspecified atom stereocenters. The Morgan fingerprint density at radius 1 is 1.32 bits per heavy atom. The predicted molar refractivity (Wildman–Crippen MR) is 114 cm³/mol. The van der Waals surface area contributed by atoms with Crippen molar-refractivity contribution in [2.75, 3.05) is 13.1 Å². The molecule has 2 N–H and O–H groups in total. The molecule has 0 aromatic heterocycles. The summed E-state index contributed by atoms with van der Waals surface area (Å²) < 4.78 is 0. The molecule has 5 nitrogen and oxygen atoms in total. The van der Waals surface area contributed by atoms with Gasteiger partial charge in [0.2, 0.25) is 11.8 Å². The minimum atomic E-state index is -0.508. The van der Waals surface area contributed by atoms with Crippen LogP contribution in [0.5, 0.6) is 0 Å². The first-order valence-corrected chi connectivity index (χ1v) is 10.3. The number of hydrogen-bond acceptors (Lipinski definition) is 3. The summed E-state index contributed by atoms with van der Waals surface area (Å²) in [6.07, 6.45) is 5.11. The van der Waals surface area contributed by atoms with Crippen LogP contribution in [0.15, 0.2) is 40.5 Å². The molecule has 1 aromatic carbocycles. The highest BCUT2D eigenvalue weighted by Crippen LogP contribution is 2.29. The highest BCUT2D eigenvalue weighted by Gasteiger charge is 2.32. The van der Waals surface area contributed by atoms with Gasteiger partial charge in [0.1, 0.15) is 0 Å². The van der Waals surface area contributed by atoms with Crippen LogP contribution in [-0.4, -0.2) is 36.0 Å². The lowest BCUT2D eigenvalue weighted by Gasteiger charge is -2.34. The third-order valence-corrected chi connectivity index (χ3v) is 5.10. The van der Waals surface area contributed by atoms with Crippen LogP contribution in [0.1, 0.15) is 52.0 Å². The summed E-state index contributed by atoms with van der Waals surface area (Å²) in [4.78, 5) is 31.2. The molecule has 6 heteroatoms. The van der Waals surface area contributed by atoms with Gasteiger partial charge in [0, 0.05) is 30.1 Å². The highest BCUT2D eigenvalue weighted by atomic mass is 35.5. The third-order valence-electron chi connectivity index (χ3n) is 4.85. The normalized spacial score (nSPS) is 17.6. The standard InChI is InChI=1S/C22H30ClN3O2/c1-4-5-6-17-13-26(20(27)11-15(2)3)14-19(22(24)28)21(17)25-12-16-7-9-18(23)10-8-16/h7-10,12,15,17H,4-6,11,13-14H2,1-3H3,(H2,24,28). The van der Waals surface area contributed by atoms with Crippen LogP contribution in [-0.2, 0) is 9.59 Å². The summed E-state index contributed by atoms with van der Waals surface area (Å²) in [5.41, 5.74) is 7.72. The van der Waals surface area contributed by atoms with E-state index in [2.05, 4.69) is 11.9 Å². The van der Waals surface area contributed by atoms with E-state index in [1.54, 1.807) is 23.2 Å². The number of unbranched alkanes of at least 4 members (excludes halogenated alkanes) is 1. The van der Waals surface area contributed by atoms with Gasteiger partial charge in [0.25, 0.3) is 0 Å². The molecule has 0 spiro atoms. The number of halogens is 1. The van der Waals surface area contributed by atoms with E-state index in [0.29, 0.717) is 29.3 Å². The van der Waals surface area contributed by atoms with Crippen molar-refractivity contribution in [1.82, 2.24) is 4.90 Å². The Morgan fingerprint density at radius 3 is 2.57 bits per heavy atom. The second kappa shape index (κ2) is 10.4. The Labute approximate surface area is 172 Å². The van der Waals surface area contributed by atoms with E-state index in [1.807, 2.05) is 26.0 Å². The Morgan fingerprint density at radius 2 is 2.00 bits per heavy atom. The van der Waals surface area contributed by atoms with Gasteiger partial charge in [-0.25, -0.2) is 0 Å². The van der Waals surface area contributed by atoms with Crippen LogP contribution >= 0.6 is 11.6 Å². The van der Waals surface area contributed by atoms with E-state index >= 15 is 0 Å². The van der Waals surface area contributed by atoms with Crippen LogP contribution in [0.4, 0.5) is 0 Å². The maximum Gasteiger partial charge on any atom is 0.248 e. The van der Waals surface area contributed by atoms with Crippen LogP contribution in [0.3, 0.4) is 0 Å². The molecule has 0 bridgehead atoms. The number of nitrogens with zero attached hydrogens (tertiary/aromatic N) is 2. The van der Waals surface area contributed by atoms with Crippen molar-refractivity contribution >= 4 is 29.6 Å². The van der Waals surface area contributed by atoms with Gasteiger partial charge in [0.15, 0.2) is 0 Å². The molecule has 2 amide bonds. The van der Waals surface area contributed by atoms with Gasteiger partial charge in [-0.2, -0.15) is 0 Å². The number of benzene rings is 1. The zero-order valence-corrected chi connectivity index (χ0v) is 17.7. The molecular formula is C22H30ClN3O2. The largest absolute Gasteiger partial charge is 0.366 e. The van der Waals surface area contributed by atoms with E-state index < -0.39 is 5.91 Å². The monoisotopic (exact) mass is 403 g/mol. The fraction of sp³-hybridized carbons (Fsp3) is 0.500. The molecule has 1 aromatic rings. The molecule has 1 aliphatic rings. The van der Waals surface area contributed by atoms with Crippen LogP contribution in [0.25, 0.3) is 0 Å². The Kier molecular flexibility index (Phi) is 8.24. The quantitative estimate of drug-likeness (QED) is 0.660. The average molecular weight is 404 g/mol. The lowest BCUT2D eigenvalue weighted by molar-refractivity contribution is -0.132. The lowest BCUT2D eigenvalue weighted by atomic mass is 9.90. The first-order chi connectivity index (χ1) is 13.3. The van der Waals surface area contributed by atoms with Crippen LogP contribution in [0.2, 0.25) is 5.02 Å². The van der Waals surface area contributed by atoms with Crippen molar-refractivity contribution in [1.29, 1.82) is 0 Å². The van der Waals surface area contributed by atoms with E-state index in [0.717, 1.165) is 24.8 Å². The van der Waals surface area contributed by atoms with Crippen molar-refractivity contribution in [3.63, 3.8) is 0 Å². The van der Waals surface area contributed by atoms with Gasteiger partial charge in [-0.15, -0.1) is 0 Å². The predicted octanol–water partition coefficient (Wildman–Crippen LogP) is 4.19. The maximum atomic E-state index is 12.6. The summed E-state index contributed by atoms with van der Waals surface area (Å²) in [7, 11) is 0. The molecule has 1 heterocycles. The summed E-state index contributed by atoms with van der Waals surface area (Å²) in [5.74, 6) is -0.162. The number of carbonyl (C=O) groups excluding carboxylic acids is 2. The van der Waals surface area contributed by atoms with Crippen molar-refractivity contribution in [3.05, 3.63) is 46.1 Å². The van der Waals surface area contributed by atoms with E-state index in [1.165, 1.54) is 0 Å². The van der Waals surface area contributed by atoms with Crippen LogP contribution < -0.4 is 5.73 Å². The molecule has 2 rings (SSSR count). The summed E-state index contributed by atoms with van der Waals surface area (Å²) in [5, 5.41) is 0.659. The van der Waals surface area contributed by atoms with E-state index in [-0.39, 0.29) is 24.3 Å². The zero-order valence-electron chi connectivity index (χ0n) is 17.0. The minimum absolute atomic E-state index is 0.0101. The van der Waals surface area contributed by atoms with Gasteiger partial charge in [-0.3, -0.25) is 14.6 Å². The molecule has 0 fully saturated rings. The van der Waals surface area contributed by atoms with Crippen molar-refractivity contribution in [3.8, 4) is 0 Å². The Balaban J connectivity index is 2.35. The van der Waals surface area contributed by atoms with Gasteiger partial charge >= 0.3 is 0 Å². The maximum absolute atomic E-state index is 12.6. The first kappa shape index (κ1) is 22.2. The molecule has 0 radical (unpaired) electrons. The molecule has 0 saturated heterocycles. The molecule has 28 heavy (non-hydrogen) atoms. The molecule has 0 aliphatic carbocycles. The van der Waals surface area contributed by atoms with Gasteiger partial charge < -0.3 is 10.6 Å². The van der Waals surface area contributed by atoms with Crippen molar-refractivity contribution in [2.45, 2.75) is 46.5 Å². The summed E-state index contributed by atoms with van der Waals surface area (Å²) in [6, 6.07) is 7.35. The molecule has 1 atom stereocenters. The number of hydrogen-bond donors (Lipinski definition) is 1. The Bertz CT molecular complexity index is 754. The van der Waals surface area contributed by atoms with Crippen LogP contribution in [0, 0.1) is 11.8 Å². The average Bonchev–Trinajstić information content (AvgIpc) is 2.65. The fourth-order valence-corrected chi connectivity index (χ4v) is 3.49. The zero-order chi connectivity index (χ0) is 20.7. The highest BCUT2D eigenvalue weighted by molar-refractivity contribution is 6.30. The summed E-state index contributed by atoms with van der Waals surface area (Å²) in [6.45, 7) is 6.97. The number of aliphatic imine (C=N–C) groups is 1. The SMILES string of the molecule is CCCCC1CN(C(=O)CC(C)C)CC(C(N)=O)=C1N=Cc1ccc(Cl)cc1. The summed E-state index contributed by atoms with van der Waals surface area (Å²) >= 11 is 5.93. The smallest absolute Gasteiger partial charge is 0.248 e. The number of carbonyl (C=O) groups is 2. The number of nitrogens with two attached hydrogens (primary N) is 1. The minimum Gasteiger partial charge on any atom is -0.366 e. The second-order valence-electron chi connectivity index (χ2n) is 7.75. The second-order valence-corrected chi connectivity index (χ2v) is 8.19. The molecule has 152 valence electrons. The topological polar surface area (TPSA) is 75.8 Å². The van der Waals surface area contributed by atoms with E-state index in [9.17, 15) is 9.59 Å². The molecule has 0 saturated carbocycles.